The molecule has 0 saturated heterocycles. The molecule has 1 heterocycles. The molecule has 0 amide bonds. The summed E-state index contributed by atoms with van der Waals surface area (Å²) in [5.41, 5.74) is 0.903. The second-order valence-corrected chi connectivity index (χ2v) is 11.7. The third kappa shape index (κ3) is 4.46. The fourth-order valence-electron chi connectivity index (χ4n) is 7.81. The van der Waals surface area contributed by atoms with Crippen LogP contribution in [0.3, 0.4) is 0 Å². The fourth-order valence-corrected chi connectivity index (χ4v) is 8.32. The summed E-state index contributed by atoms with van der Waals surface area (Å²) >= 11 is 0. The van der Waals surface area contributed by atoms with Crippen LogP contribution in [0.4, 0.5) is 0 Å². The zero-order chi connectivity index (χ0) is 21.4. The van der Waals surface area contributed by atoms with E-state index in [2.05, 4.69) is 18.8 Å². The number of fused-ring (bicyclic) bond motifs is 5. The van der Waals surface area contributed by atoms with Crippen molar-refractivity contribution in [3.05, 3.63) is 30.6 Å². The Morgan fingerprint density at radius 3 is 2.33 bits per heavy atom. The van der Waals surface area contributed by atoms with Gasteiger partial charge in [0.05, 0.1) is 6.10 Å². The molecule has 0 radical (unpaired) electrons. The van der Waals surface area contributed by atoms with Crippen LogP contribution in [0, 0.1) is 34.5 Å². The summed E-state index contributed by atoms with van der Waals surface area (Å²) in [6.45, 7) is 4.98. The molecule has 4 fully saturated rings. The predicted octanol–water partition coefficient (Wildman–Crippen LogP) is 4.77. The first kappa shape index (κ1) is 22.2. The van der Waals surface area contributed by atoms with E-state index in [0.717, 1.165) is 37.0 Å². The molecule has 7 atom stereocenters. The zero-order valence-corrected chi connectivity index (χ0v) is 19.2. The van der Waals surface area contributed by atoms with E-state index in [1.807, 2.05) is 30.6 Å². The summed E-state index contributed by atoms with van der Waals surface area (Å²) in [4.78, 5) is 2.89. The molecule has 4 aliphatic rings. The fraction of sp³-hybridized carbons (Fsp3) is 0.792. The lowest BCUT2D eigenvalue weighted by molar-refractivity contribution is -0.377. The molecule has 168 valence electrons. The first-order chi connectivity index (χ1) is 14.2. The summed E-state index contributed by atoms with van der Waals surface area (Å²) in [5.74, 6) is 3.08. The normalized spacial score (nSPS) is 42.8. The maximum atomic E-state index is 10.9. The Balaban J connectivity index is 0.000000313. The summed E-state index contributed by atoms with van der Waals surface area (Å²) in [6.07, 6.45) is 15.3. The Hall–Kier alpha value is -0.980. The van der Waals surface area contributed by atoms with Gasteiger partial charge in [-0.25, -0.2) is 13.4 Å². The highest BCUT2D eigenvalue weighted by Gasteiger charge is 2.57. The highest BCUT2D eigenvalue weighted by Crippen LogP contribution is 2.66. The SMILES string of the molecule is C[C@]12CCC[C@H]1[C@H]1CC[C@H]3C[C@H](OS(=O)(=O)[O-])CC[C@]3(C)[C@H]1CC2.c1cc[nH+]cc1. The van der Waals surface area contributed by atoms with Gasteiger partial charge in [0.15, 0.2) is 12.4 Å². The molecule has 6 heteroatoms. The van der Waals surface area contributed by atoms with Gasteiger partial charge in [-0.15, -0.1) is 0 Å². The van der Waals surface area contributed by atoms with Crippen LogP contribution in [0.25, 0.3) is 0 Å². The van der Waals surface area contributed by atoms with Crippen LogP contribution in [0.15, 0.2) is 30.6 Å². The van der Waals surface area contributed by atoms with E-state index in [4.69, 9.17) is 4.18 Å². The maximum Gasteiger partial charge on any atom is 0.217 e. The van der Waals surface area contributed by atoms with E-state index in [1.54, 1.807) is 0 Å². The standard InChI is InChI=1S/C19H32O4S.C5H5N/c1-18-9-3-4-16(18)15-6-5-13-12-14(23-24(20,21)22)7-11-19(13,2)17(15)8-10-18;1-2-4-6-5-3-1/h13-17H,3-12H2,1-2H3,(H,20,21,22);1-5H/t13-,14+,15+,16-,17-,18+,19-;/m0./s1. The summed E-state index contributed by atoms with van der Waals surface area (Å²) in [7, 11) is -4.57. The van der Waals surface area contributed by atoms with Gasteiger partial charge in [0.2, 0.25) is 10.4 Å². The van der Waals surface area contributed by atoms with Gasteiger partial charge in [0, 0.05) is 12.1 Å². The molecule has 0 aromatic carbocycles. The van der Waals surface area contributed by atoms with Crippen molar-refractivity contribution in [2.75, 3.05) is 0 Å². The number of H-pyrrole nitrogens is 1. The number of pyridine rings is 1. The van der Waals surface area contributed by atoms with Crippen molar-refractivity contribution in [1.29, 1.82) is 0 Å². The Morgan fingerprint density at radius 2 is 1.70 bits per heavy atom. The molecule has 0 spiro atoms. The Kier molecular flexibility index (Phi) is 6.31. The lowest BCUT2D eigenvalue weighted by Crippen LogP contribution is -2.53. The van der Waals surface area contributed by atoms with Crippen LogP contribution in [0.5, 0.6) is 0 Å². The van der Waals surface area contributed by atoms with E-state index >= 15 is 0 Å². The van der Waals surface area contributed by atoms with Gasteiger partial charge in [0.25, 0.3) is 0 Å². The van der Waals surface area contributed by atoms with Gasteiger partial charge >= 0.3 is 0 Å². The van der Waals surface area contributed by atoms with E-state index in [1.165, 1.54) is 44.9 Å². The first-order valence-corrected chi connectivity index (χ1v) is 13.1. The van der Waals surface area contributed by atoms with E-state index in [0.29, 0.717) is 16.7 Å². The highest BCUT2D eigenvalue weighted by molar-refractivity contribution is 7.80. The summed E-state index contributed by atoms with van der Waals surface area (Å²) < 4.78 is 37.7. The monoisotopic (exact) mass is 435 g/mol. The third-order valence-electron chi connectivity index (χ3n) is 9.26. The van der Waals surface area contributed by atoms with Crippen LogP contribution in [0.1, 0.15) is 78.1 Å². The van der Waals surface area contributed by atoms with Gasteiger partial charge in [-0.1, -0.05) is 26.3 Å². The van der Waals surface area contributed by atoms with Crippen LogP contribution in [0.2, 0.25) is 0 Å². The minimum atomic E-state index is -4.57. The van der Waals surface area contributed by atoms with Gasteiger partial charge in [0.1, 0.15) is 0 Å². The van der Waals surface area contributed by atoms with Crippen molar-refractivity contribution < 1.29 is 22.1 Å². The van der Waals surface area contributed by atoms with Crippen LogP contribution in [-0.4, -0.2) is 19.1 Å². The average Bonchev–Trinajstić information content (AvgIpc) is 3.11. The largest absolute Gasteiger partial charge is 0.726 e. The van der Waals surface area contributed by atoms with Gasteiger partial charge in [-0.05, 0) is 92.3 Å². The summed E-state index contributed by atoms with van der Waals surface area (Å²) in [5, 5.41) is 0. The predicted molar refractivity (Wildman–Crippen MR) is 114 cm³/mol. The van der Waals surface area contributed by atoms with Crippen LogP contribution >= 0.6 is 0 Å². The van der Waals surface area contributed by atoms with E-state index < -0.39 is 10.4 Å². The number of nitrogens with one attached hydrogen (secondary N) is 1. The van der Waals surface area contributed by atoms with Crippen LogP contribution in [-0.2, 0) is 14.6 Å². The minimum absolute atomic E-state index is 0.319. The van der Waals surface area contributed by atoms with Gasteiger partial charge in [-0.2, -0.15) is 0 Å². The van der Waals surface area contributed by atoms with Crippen molar-refractivity contribution in [3.63, 3.8) is 0 Å². The molecule has 0 bridgehead atoms. The molecule has 1 aromatic rings. The minimum Gasteiger partial charge on any atom is -0.726 e. The second-order valence-electron chi connectivity index (χ2n) is 10.7. The smallest absolute Gasteiger partial charge is 0.217 e. The molecular weight excluding hydrogens is 398 g/mol. The van der Waals surface area contributed by atoms with Crippen molar-refractivity contribution in [2.45, 2.75) is 84.2 Å². The Labute approximate surface area is 182 Å². The van der Waals surface area contributed by atoms with Crippen molar-refractivity contribution in [3.8, 4) is 0 Å². The average molecular weight is 436 g/mol. The molecule has 0 aliphatic heterocycles. The van der Waals surface area contributed by atoms with Gasteiger partial charge < -0.3 is 4.55 Å². The topological polar surface area (TPSA) is 80.6 Å². The lowest BCUT2D eigenvalue weighted by atomic mass is 9.45. The van der Waals surface area contributed by atoms with Gasteiger partial charge in [-0.3, -0.25) is 4.18 Å². The van der Waals surface area contributed by atoms with Crippen molar-refractivity contribution >= 4 is 10.4 Å². The third-order valence-corrected chi connectivity index (χ3v) is 9.77. The van der Waals surface area contributed by atoms with E-state index in [9.17, 15) is 13.0 Å². The molecule has 1 aromatic heterocycles. The summed E-state index contributed by atoms with van der Waals surface area (Å²) in [6, 6.07) is 5.86. The molecule has 5 rings (SSSR count). The molecule has 4 saturated carbocycles. The first-order valence-electron chi connectivity index (χ1n) is 11.8. The zero-order valence-electron chi connectivity index (χ0n) is 18.4. The molecule has 5 nitrogen and oxygen atoms in total. The Morgan fingerprint density at radius 1 is 0.933 bits per heavy atom. The lowest BCUT2D eigenvalue weighted by Gasteiger charge is -2.60. The molecule has 4 aliphatic carbocycles. The van der Waals surface area contributed by atoms with Crippen molar-refractivity contribution in [1.82, 2.24) is 0 Å². The molecule has 0 unspecified atom stereocenters. The molecule has 30 heavy (non-hydrogen) atoms. The second kappa shape index (κ2) is 8.51. The van der Waals surface area contributed by atoms with Crippen molar-refractivity contribution in [2.24, 2.45) is 34.5 Å². The number of hydrogen-bond acceptors (Lipinski definition) is 4. The number of aromatic nitrogens is 1. The number of hydrogen-bond donors (Lipinski definition) is 0. The van der Waals surface area contributed by atoms with E-state index in [-0.39, 0.29) is 6.10 Å². The quantitative estimate of drug-likeness (QED) is 0.495. The number of aromatic amines is 1. The highest BCUT2D eigenvalue weighted by atomic mass is 32.3. The molecule has 1 N–H and O–H groups in total. The number of rotatable bonds is 2. The van der Waals surface area contributed by atoms with Crippen LogP contribution < -0.4 is 4.98 Å². The Bertz CT molecular complexity index is 789. The maximum absolute atomic E-state index is 10.9. The molecular formula is C24H37NO4S.